The van der Waals surface area contributed by atoms with Gasteiger partial charge in [-0.15, -0.1) is 0 Å². The summed E-state index contributed by atoms with van der Waals surface area (Å²) in [6.07, 6.45) is 0. The van der Waals surface area contributed by atoms with E-state index in [1.807, 2.05) is 6.07 Å². The summed E-state index contributed by atoms with van der Waals surface area (Å²) < 4.78 is 14.6. The van der Waals surface area contributed by atoms with Crippen LogP contribution in [0.25, 0.3) is 0 Å². The Hall–Kier alpha value is -1.99. The molecule has 0 aliphatic rings. The van der Waals surface area contributed by atoms with E-state index in [0.717, 1.165) is 10.0 Å². The zero-order valence-electron chi connectivity index (χ0n) is 10.7. The molecular weight excluding hydrogens is 321 g/mol. The highest BCUT2D eigenvalue weighted by atomic mass is 79.9. The van der Waals surface area contributed by atoms with Gasteiger partial charge in [-0.3, -0.25) is 4.79 Å². The molecule has 1 unspecified atom stereocenters. The first-order chi connectivity index (χ1) is 9.52. The van der Waals surface area contributed by atoms with E-state index < -0.39 is 17.5 Å². The van der Waals surface area contributed by atoms with Gasteiger partial charge in [0.1, 0.15) is 11.7 Å². The number of hydrogen-bond donors (Lipinski definition) is 0. The average molecular weight is 332 g/mol. The minimum atomic E-state index is -1.00. The Morgan fingerprint density at radius 1 is 1.25 bits per heavy atom. The van der Waals surface area contributed by atoms with E-state index >= 15 is 0 Å². The number of halogens is 2. The van der Waals surface area contributed by atoms with Crippen LogP contribution in [-0.2, 0) is 0 Å². The molecule has 0 heterocycles. The minimum absolute atomic E-state index is 0.0422. The van der Waals surface area contributed by atoms with Gasteiger partial charge in [0.25, 0.3) is 0 Å². The normalized spacial score (nSPS) is 11.7. The predicted molar refractivity (Wildman–Crippen MR) is 78.0 cm³/mol. The lowest BCUT2D eigenvalue weighted by Crippen LogP contribution is -2.13. The number of nitrogens with zero attached hydrogens (tertiary/aromatic N) is 1. The molecule has 0 radical (unpaired) electrons. The second kappa shape index (κ2) is 5.98. The van der Waals surface area contributed by atoms with Gasteiger partial charge in [0.15, 0.2) is 5.78 Å². The van der Waals surface area contributed by atoms with Gasteiger partial charge in [-0.2, -0.15) is 5.26 Å². The van der Waals surface area contributed by atoms with Crippen molar-refractivity contribution in [1.29, 1.82) is 5.26 Å². The van der Waals surface area contributed by atoms with E-state index in [2.05, 4.69) is 15.9 Å². The third-order valence-electron chi connectivity index (χ3n) is 2.98. The molecule has 0 aliphatic carbocycles. The summed E-state index contributed by atoms with van der Waals surface area (Å²) in [4.78, 5) is 12.4. The van der Waals surface area contributed by atoms with E-state index in [4.69, 9.17) is 0 Å². The molecule has 2 aromatic carbocycles. The first-order valence-corrected chi connectivity index (χ1v) is 6.77. The lowest BCUT2D eigenvalue weighted by Gasteiger charge is -2.10. The van der Waals surface area contributed by atoms with Crippen LogP contribution in [0, 0.1) is 24.1 Å². The maximum atomic E-state index is 13.8. The lowest BCUT2D eigenvalue weighted by atomic mass is 9.91. The SMILES string of the molecule is Cc1ccc(F)c(C(=O)C(C#N)c2ccc(Br)cc2)c1. The summed E-state index contributed by atoms with van der Waals surface area (Å²) in [7, 11) is 0. The van der Waals surface area contributed by atoms with E-state index in [1.54, 1.807) is 37.3 Å². The number of ketones is 1. The number of carbonyl (C=O) groups excluding carboxylic acids is 1. The van der Waals surface area contributed by atoms with Crippen molar-refractivity contribution in [3.05, 3.63) is 69.4 Å². The predicted octanol–water partition coefficient (Wildman–Crippen LogP) is 4.39. The Balaban J connectivity index is 2.42. The van der Waals surface area contributed by atoms with Gasteiger partial charge >= 0.3 is 0 Å². The van der Waals surface area contributed by atoms with E-state index in [0.29, 0.717) is 5.56 Å². The van der Waals surface area contributed by atoms with Crippen molar-refractivity contribution in [1.82, 2.24) is 0 Å². The summed E-state index contributed by atoms with van der Waals surface area (Å²) in [5.74, 6) is -2.12. The van der Waals surface area contributed by atoms with Crippen LogP contribution in [0.1, 0.15) is 27.4 Å². The molecule has 0 aliphatic heterocycles. The molecule has 0 bridgehead atoms. The van der Waals surface area contributed by atoms with Crippen molar-refractivity contribution in [2.75, 3.05) is 0 Å². The lowest BCUT2D eigenvalue weighted by molar-refractivity contribution is 0.0975. The number of Topliss-reactive ketones (excluding diaryl/α,β-unsaturated/α-hetero) is 1. The number of benzene rings is 2. The third-order valence-corrected chi connectivity index (χ3v) is 3.51. The fourth-order valence-electron chi connectivity index (χ4n) is 1.92. The molecule has 2 nitrogen and oxygen atoms in total. The van der Waals surface area contributed by atoms with Crippen LogP contribution in [0.3, 0.4) is 0 Å². The first-order valence-electron chi connectivity index (χ1n) is 5.98. The van der Waals surface area contributed by atoms with Gasteiger partial charge in [-0.25, -0.2) is 4.39 Å². The Bertz CT molecular complexity index is 689. The molecule has 0 amide bonds. The molecule has 0 fully saturated rings. The summed E-state index contributed by atoms with van der Waals surface area (Å²) in [5, 5.41) is 9.24. The Morgan fingerprint density at radius 2 is 1.90 bits per heavy atom. The van der Waals surface area contributed by atoms with Crippen molar-refractivity contribution in [3.8, 4) is 6.07 Å². The Kier molecular flexibility index (Phi) is 4.31. The Labute approximate surface area is 125 Å². The fourth-order valence-corrected chi connectivity index (χ4v) is 2.19. The topological polar surface area (TPSA) is 40.9 Å². The Morgan fingerprint density at radius 3 is 2.50 bits per heavy atom. The van der Waals surface area contributed by atoms with Crippen molar-refractivity contribution in [2.45, 2.75) is 12.8 Å². The van der Waals surface area contributed by atoms with E-state index in [-0.39, 0.29) is 5.56 Å². The molecular formula is C16H11BrFNO. The number of nitriles is 1. The third kappa shape index (κ3) is 2.94. The maximum absolute atomic E-state index is 13.8. The van der Waals surface area contributed by atoms with Gasteiger partial charge in [0.05, 0.1) is 11.6 Å². The highest BCUT2D eigenvalue weighted by Gasteiger charge is 2.24. The largest absolute Gasteiger partial charge is 0.292 e. The number of carbonyl (C=O) groups is 1. The highest BCUT2D eigenvalue weighted by Crippen LogP contribution is 2.24. The highest BCUT2D eigenvalue weighted by molar-refractivity contribution is 9.10. The average Bonchev–Trinajstić information content (AvgIpc) is 2.44. The minimum Gasteiger partial charge on any atom is -0.292 e. The van der Waals surface area contributed by atoms with Gasteiger partial charge in [-0.1, -0.05) is 39.7 Å². The molecule has 0 saturated carbocycles. The van der Waals surface area contributed by atoms with Crippen LogP contribution >= 0.6 is 15.9 Å². The fraction of sp³-hybridized carbons (Fsp3) is 0.125. The maximum Gasteiger partial charge on any atom is 0.187 e. The van der Waals surface area contributed by atoms with Gasteiger partial charge in [0, 0.05) is 4.47 Å². The second-order valence-electron chi connectivity index (χ2n) is 4.46. The van der Waals surface area contributed by atoms with Crippen LogP contribution in [-0.4, -0.2) is 5.78 Å². The quantitative estimate of drug-likeness (QED) is 0.783. The van der Waals surface area contributed by atoms with Crippen molar-refractivity contribution < 1.29 is 9.18 Å². The van der Waals surface area contributed by atoms with Gasteiger partial charge in [0.2, 0.25) is 0 Å². The zero-order valence-corrected chi connectivity index (χ0v) is 12.3. The molecule has 20 heavy (non-hydrogen) atoms. The summed E-state index contributed by atoms with van der Waals surface area (Å²) in [6, 6.07) is 13.1. The molecule has 0 saturated heterocycles. The van der Waals surface area contributed by atoms with Crippen LogP contribution in [0.5, 0.6) is 0 Å². The molecule has 100 valence electrons. The monoisotopic (exact) mass is 331 g/mol. The number of rotatable bonds is 3. The molecule has 0 aromatic heterocycles. The number of aryl methyl sites for hydroxylation is 1. The van der Waals surface area contributed by atoms with Gasteiger partial charge in [-0.05, 0) is 36.8 Å². The van der Waals surface area contributed by atoms with E-state index in [9.17, 15) is 14.4 Å². The number of hydrogen-bond acceptors (Lipinski definition) is 2. The molecule has 0 spiro atoms. The van der Waals surface area contributed by atoms with Crippen molar-refractivity contribution in [3.63, 3.8) is 0 Å². The van der Waals surface area contributed by atoms with Crippen LogP contribution < -0.4 is 0 Å². The summed E-state index contributed by atoms with van der Waals surface area (Å²) in [5.41, 5.74) is 1.29. The molecule has 4 heteroatoms. The van der Waals surface area contributed by atoms with Crippen LogP contribution in [0.15, 0.2) is 46.9 Å². The van der Waals surface area contributed by atoms with Crippen molar-refractivity contribution >= 4 is 21.7 Å². The summed E-state index contributed by atoms with van der Waals surface area (Å²) in [6.45, 7) is 1.78. The molecule has 2 aromatic rings. The van der Waals surface area contributed by atoms with Crippen LogP contribution in [0.4, 0.5) is 4.39 Å². The van der Waals surface area contributed by atoms with Gasteiger partial charge < -0.3 is 0 Å². The standard InChI is InChI=1S/C16H11BrFNO/c1-10-2-7-15(18)13(8-10)16(20)14(9-19)11-3-5-12(17)6-4-11/h2-8,14H,1H3. The smallest absolute Gasteiger partial charge is 0.187 e. The molecule has 1 atom stereocenters. The van der Waals surface area contributed by atoms with Crippen molar-refractivity contribution in [2.24, 2.45) is 0 Å². The first kappa shape index (κ1) is 14.4. The second-order valence-corrected chi connectivity index (χ2v) is 5.38. The molecule has 2 rings (SSSR count). The molecule has 0 N–H and O–H groups in total. The summed E-state index contributed by atoms with van der Waals surface area (Å²) >= 11 is 3.29. The zero-order chi connectivity index (χ0) is 14.7. The van der Waals surface area contributed by atoms with Crippen LogP contribution in [0.2, 0.25) is 0 Å². The van der Waals surface area contributed by atoms with E-state index in [1.165, 1.54) is 12.1 Å².